The van der Waals surface area contributed by atoms with Crippen LogP contribution in [0.1, 0.15) is 23.2 Å². The first-order valence-corrected chi connectivity index (χ1v) is 9.87. The van der Waals surface area contributed by atoms with Gasteiger partial charge in [0.1, 0.15) is 5.82 Å². The summed E-state index contributed by atoms with van der Waals surface area (Å²) in [6.07, 6.45) is 3.01. The number of nitrogens with one attached hydrogen (secondary N) is 1. The third kappa shape index (κ3) is 4.51. The van der Waals surface area contributed by atoms with Gasteiger partial charge in [-0.3, -0.25) is 0 Å². The third-order valence-corrected chi connectivity index (χ3v) is 5.70. The summed E-state index contributed by atoms with van der Waals surface area (Å²) in [5, 5.41) is 12.9. The van der Waals surface area contributed by atoms with Gasteiger partial charge in [-0.05, 0) is 23.8 Å². The molecule has 150 valence electrons. The van der Waals surface area contributed by atoms with E-state index < -0.39 is 11.9 Å². The number of hydrogen-bond acceptors (Lipinski definition) is 6. The number of carboxylic acids is 1. The summed E-state index contributed by atoms with van der Waals surface area (Å²) in [6, 6.07) is 10.3. The predicted octanol–water partition coefficient (Wildman–Crippen LogP) is 4.88. The van der Waals surface area contributed by atoms with Crippen LogP contribution in [-0.4, -0.2) is 40.1 Å². The van der Waals surface area contributed by atoms with E-state index in [1.165, 1.54) is 17.4 Å². The molecule has 0 saturated carbocycles. The molecule has 6 nitrogen and oxygen atoms in total. The second-order valence-electron chi connectivity index (χ2n) is 6.78. The zero-order valence-corrected chi connectivity index (χ0v) is 16.1. The number of alkyl halides is 2. The van der Waals surface area contributed by atoms with Crippen LogP contribution in [0, 0.1) is 0 Å². The van der Waals surface area contributed by atoms with Crippen LogP contribution in [0.15, 0.2) is 48.8 Å². The van der Waals surface area contributed by atoms with Crippen LogP contribution in [0.2, 0.25) is 0 Å². The fourth-order valence-corrected chi connectivity index (χ4v) is 3.98. The van der Waals surface area contributed by atoms with Crippen LogP contribution in [0.3, 0.4) is 0 Å². The highest BCUT2D eigenvalue weighted by atomic mass is 32.1. The quantitative estimate of drug-likeness (QED) is 0.617. The van der Waals surface area contributed by atoms with Crippen molar-refractivity contribution < 1.29 is 18.7 Å². The molecule has 2 aromatic heterocycles. The number of aromatic nitrogens is 2. The summed E-state index contributed by atoms with van der Waals surface area (Å²) in [5.41, 5.74) is 1.82. The van der Waals surface area contributed by atoms with Gasteiger partial charge in [0.05, 0.1) is 10.4 Å². The smallest absolute Gasteiger partial charge is 0.335 e. The van der Waals surface area contributed by atoms with Gasteiger partial charge in [-0.1, -0.05) is 23.5 Å². The minimum atomic E-state index is -2.58. The van der Waals surface area contributed by atoms with Crippen molar-refractivity contribution in [1.82, 2.24) is 9.97 Å². The van der Waals surface area contributed by atoms with Gasteiger partial charge in [0, 0.05) is 50.1 Å². The van der Waals surface area contributed by atoms with Gasteiger partial charge in [0.2, 0.25) is 0 Å². The highest BCUT2D eigenvalue weighted by molar-refractivity contribution is 7.18. The van der Waals surface area contributed by atoms with Crippen LogP contribution < -0.4 is 10.2 Å². The normalized spacial score (nSPS) is 15.9. The number of nitrogens with zero attached hydrogens (tertiary/aromatic N) is 3. The van der Waals surface area contributed by atoms with E-state index in [9.17, 15) is 13.6 Å². The Labute approximate surface area is 169 Å². The number of benzene rings is 1. The Morgan fingerprint density at radius 2 is 1.97 bits per heavy atom. The van der Waals surface area contributed by atoms with E-state index in [-0.39, 0.29) is 18.4 Å². The third-order valence-electron chi connectivity index (χ3n) is 4.74. The first-order valence-electron chi connectivity index (χ1n) is 9.05. The van der Waals surface area contributed by atoms with Crippen molar-refractivity contribution in [3.8, 4) is 10.4 Å². The molecule has 29 heavy (non-hydrogen) atoms. The lowest BCUT2D eigenvalue weighted by atomic mass is 10.1. The Morgan fingerprint density at radius 1 is 1.17 bits per heavy atom. The number of aromatic carboxylic acids is 1. The molecule has 0 spiro atoms. The number of hydrogen-bond donors (Lipinski definition) is 2. The molecule has 1 aromatic carbocycles. The summed E-state index contributed by atoms with van der Waals surface area (Å²) in [5.74, 6) is -2.99. The largest absolute Gasteiger partial charge is 0.478 e. The van der Waals surface area contributed by atoms with Crippen LogP contribution in [0.5, 0.6) is 0 Å². The Balaban J connectivity index is 1.48. The highest BCUT2D eigenvalue weighted by Crippen LogP contribution is 2.33. The molecule has 9 heteroatoms. The molecule has 0 aliphatic carbocycles. The van der Waals surface area contributed by atoms with Gasteiger partial charge in [-0.2, -0.15) is 0 Å². The minimum Gasteiger partial charge on any atom is -0.478 e. The van der Waals surface area contributed by atoms with E-state index in [4.69, 9.17) is 5.11 Å². The Hall–Kier alpha value is -3.07. The molecule has 1 aliphatic heterocycles. The van der Waals surface area contributed by atoms with E-state index in [1.807, 2.05) is 17.0 Å². The molecule has 3 aromatic rings. The molecule has 1 aliphatic rings. The lowest BCUT2D eigenvalue weighted by Gasteiger charge is -2.33. The molecule has 0 unspecified atom stereocenters. The minimum absolute atomic E-state index is 0.149. The first-order chi connectivity index (χ1) is 13.9. The molecule has 0 atom stereocenters. The molecule has 0 bridgehead atoms. The Morgan fingerprint density at radius 3 is 2.72 bits per heavy atom. The van der Waals surface area contributed by atoms with E-state index in [0.717, 1.165) is 16.1 Å². The molecule has 4 rings (SSSR count). The van der Waals surface area contributed by atoms with Crippen LogP contribution in [0.25, 0.3) is 10.4 Å². The summed E-state index contributed by atoms with van der Waals surface area (Å²) < 4.78 is 26.8. The zero-order chi connectivity index (χ0) is 20.4. The summed E-state index contributed by atoms with van der Waals surface area (Å²) in [7, 11) is 0. The summed E-state index contributed by atoms with van der Waals surface area (Å²) in [4.78, 5) is 22.5. The maximum absolute atomic E-state index is 13.4. The lowest BCUT2D eigenvalue weighted by Crippen LogP contribution is -2.39. The standard InChI is InChI=1S/C20H18F2N4O2S/c21-20(22)5-8-26(9-6-20)15-4-7-23-17(11-15)25-19-24-12-16(29-19)13-2-1-3-14(10-13)18(27)28/h1-4,7,10-12H,5-6,8-9H2,(H,27,28)(H,23,24,25). The molecule has 3 heterocycles. The van der Waals surface area contributed by atoms with E-state index in [1.54, 1.807) is 30.6 Å². The first kappa shape index (κ1) is 19.3. The number of thiazole rings is 1. The van der Waals surface area contributed by atoms with Gasteiger partial charge >= 0.3 is 5.97 Å². The number of piperidine rings is 1. The van der Waals surface area contributed by atoms with E-state index >= 15 is 0 Å². The number of halogens is 2. The van der Waals surface area contributed by atoms with Crippen molar-refractivity contribution in [2.45, 2.75) is 18.8 Å². The monoisotopic (exact) mass is 416 g/mol. The van der Waals surface area contributed by atoms with Gasteiger partial charge < -0.3 is 15.3 Å². The fraction of sp³-hybridized carbons (Fsp3) is 0.250. The molecule has 1 fully saturated rings. The van der Waals surface area contributed by atoms with Gasteiger partial charge in [-0.15, -0.1) is 0 Å². The van der Waals surface area contributed by atoms with Crippen molar-refractivity contribution in [1.29, 1.82) is 0 Å². The molecular weight excluding hydrogens is 398 g/mol. The number of pyridine rings is 1. The summed E-state index contributed by atoms with van der Waals surface area (Å²) >= 11 is 1.37. The zero-order valence-electron chi connectivity index (χ0n) is 15.3. The van der Waals surface area contributed by atoms with E-state index in [2.05, 4.69) is 15.3 Å². The van der Waals surface area contributed by atoms with E-state index in [0.29, 0.717) is 24.0 Å². The lowest BCUT2D eigenvalue weighted by molar-refractivity contribution is -0.0220. The number of carboxylic acid groups (broad SMARTS) is 1. The maximum Gasteiger partial charge on any atom is 0.335 e. The van der Waals surface area contributed by atoms with Gasteiger partial charge in [0.25, 0.3) is 5.92 Å². The number of rotatable bonds is 5. The molecule has 2 N–H and O–H groups in total. The Bertz CT molecular complexity index is 1030. The maximum atomic E-state index is 13.4. The second-order valence-corrected chi connectivity index (χ2v) is 7.81. The van der Waals surface area contributed by atoms with Gasteiger partial charge in [-0.25, -0.2) is 23.5 Å². The molecule has 0 radical (unpaired) electrons. The van der Waals surface area contributed by atoms with Crippen LogP contribution >= 0.6 is 11.3 Å². The van der Waals surface area contributed by atoms with Crippen molar-refractivity contribution >= 4 is 33.9 Å². The van der Waals surface area contributed by atoms with Crippen molar-refractivity contribution in [3.63, 3.8) is 0 Å². The molecule has 1 saturated heterocycles. The van der Waals surface area contributed by atoms with Crippen LogP contribution in [-0.2, 0) is 0 Å². The predicted molar refractivity (Wildman–Crippen MR) is 108 cm³/mol. The van der Waals surface area contributed by atoms with Crippen molar-refractivity contribution in [3.05, 3.63) is 54.4 Å². The number of anilines is 3. The van der Waals surface area contributed by atoms with Crippen molar-refractivity contribution in [2.75, 3.05) is 23.3 Å². The molecule has 0 amide bonds. The van der Waals surface area contributed by atoms with Gasteiger partial charge in [0.15, 0.2) is 5.13 Å². The fourth-order valence-electron chi connectivity index (χ4n) is 3.16. The summed E-state index contributed by atoms with van der Waals surface area (Å²) in [6.45, 7) is 0.607. The Kier molecular flexibility index (Phi) is 5.14. The average Bonchev–Trinajstić information content (AvgIpc) is 3.17. The second kappa shape index (κ2) is 7.75. The topological polar surface area (TPSA) is 78.3 Å². The van der Waals surface area contributed by atoms with Crippen molar-refractivity contribution in [2.24, 2.45) is 0 Å². The highest BCUT2D eigenvalue weighted by Gasteiger charge is 2.34. The SMILES string of the molecule is O=C(O)c1cccc(-c2cnc(Nc3cc(N4CCC(F)(F)CC4)ccn3)s2)c1. The van der Waals surface area contributed by atoms with Crippen LogP contribution in [0.4, 0.5) is 25.4 Å². The average molecular weight is 416 g/mol. The number of carbonyl (C=O) groups is 1. The molecular formula is C20H18F2N4O2S.